The third-order valence-electron chi connectivity index (χ3n) is 3.14. The molecule has 0 bridgehead atoms. The third kappa shape index (κ3) is 2.54. The highest BCUT2D eigenvalue weighted by atomic mass is 16.5. The summed E-state index contributed by atoms with van der Waals surface area (Å²) < 4.78 is 5.24. The van der Waals surface area contributed by atoms with Gasteiger partial charge in [-0.25, -0.2) is 0 Å². The number of hydrogen-bond acceptors (Lipinski definition) is 3. The van der Waals surface area contributed by atoms with Crippen molar-refractivity contribution in [3.8, 4) is 5.75 Å². The van der Waals surface area contributed by atoms with Gasteiger partial charge in [-0.05, 0) is 36.5 Å². The standard InChI is InChI=1S/C13H20N2O/c1-15(2)14-12-7-11(8-12)10-5-4-6-13(9-10)16-3/h4-6,9,11-12,14H,7-8H2,1-3H3. The van der Waals surface area contributed by atoms with Crippen LogP contribution in [0.4, 0.5) is 0 Å². The fraction of sp³-hybridized carbons (Fsp3) is 0.538. The Hall–Kier alpha value is -1.06. The predicted molar refractivity (Wildman–Crippen MR) is 65.6 cm³/mol. The molecule has 0 aromatic heterocycles. The van der Waals surface area contributed by atoms with Gasteiger partial charge in [0.15, 0.2) is 0 Å². The summed E-state index contributed by atoms with van der Waals surface area (Å²) in [5, 5.41) is 2.03. The Morgan fingerprint density at radius 2 is 2.06 bits per heavy atom. The first-order chi connectivity index (χ1) is 7.69. The summed E-state index contributed by atoms with van der Waals surface area (Å²) in [6.07, 6.45) is 2.43. The fourth-order valence-electron chi connectivity index (χ4n) is 2.26. The van der Waals surface area contributed by atoms with E-state index in [2.05, 4.69) is 23.6 Å². The van der Waals surface area contributed by atoms with Crippen molar-refractivity contribution in [3.05, 3.63) is 29.8 Å². The van der Waals surface area contributed by atoms with Gasteiger partial charge in [-0.2, -0.15) is 0 Å². The number of ether oxygens (including phenoxy) is 1. The van der Waals surface area contributed by atoms with Gasteiger partial charge >= 0.3 is 0 Å². The highest BCUT2D eigenvalue weighted by molar-refractivity contribution is 5.32. The predicted octanol–water partition coefficient (Wildman–Crippen LogP) is 2.01. The molecule has 2 rings (SSSR count). The summed E-state index contributed by atoms with van der Waals surface area (Å²) in [6, 6.07) is 9.04. The van der Waals surface area contributed by atoms with Crippen LogP contribution in [0.1, 0.15) is 24.3 Å². The molecule has 16 heavy (non-hydrogen) atoms. The SMILES string of the molecule is COc1cccc(C2CC(NN(C)C)C2)c1. The molecule has 1 fully saturated rings. The van der Waals surface area contributed by atoms with Crippen LogP contribution in [0.3, 0.4) is 0 Å². The van der Waals surface area contributed by atoms with E-state index in [9.17, 15) is 0 Å². The van der Waals surface area contributed by atoms with Crippen molar-refractivity contribution in [1.29, 1.82) is 0 Å². The number of methoxy groups -OCH3 is 1. The van der Waals surface area contributed by atoms with Crippen LogP contribution in [0.5, 0.6) is 5.75 Å². The second-order valence-electron chi connectivity index (χ2n) is 4.67. The third-order valence-corrected chi connectivity index (χ3v) is 3.14. The molecule has 1 N–H and O–H groups in total. The molecule has 0 unspecified atom stereocenters. The Kier molecular flexibility index (Phi) is 3.46. The molecule has 0 atom stereocenters. The topological polar surface area (TPSA) is 24.5 Å². The lowest BCUT2D eigenvalue weighted by atomic mass is 9.76. The minimum Gasteiger partial charge on any atom is -0.497 e. The van der Waals surface area contributed by atoms with Crippen molar-refractivity contribution in [2.75, 3.05) is 21.2 Å². The van der Waals surface area contributed by atoms with Gasteiger partial charge < -0.3 is 4.74 Å². The van der Waals surface area contributed by atoms with E-state index < -0.39 is 0 Å². The molecule has 1 saturated carbocycles. The van der Waals surface area contributed by atoms with Crippen molar-refractivity contribution in [1.82, 2.24) is 10.4 Å². The molecule has 3 heteroatoms. The van der Waals surface area contributed by atoms with Crippen LogP contribution in [0.15, 0.2) is 24.3 Å². The maximum Gasteiger partial charge on any atom is 0.119 e. The van der Waals surface area contributed by atoms with Gasteiger partial charge in [0.25, 0.3) is 0 Å². The molecule has 1 aromatic carbocycles. The molecule has 1 aliphatic carbocycles. The molecule has 88 valence electrons. The smallest absolute Gasteiger partial charge is 0.119 e. The summed E-state index contributed by atoms with van der Waals surface area (Å²) in [5.74, 6) is 1.65. The number of rotatable bonds is 4. The van der Waals surface area contributed by atoms with E-state index in [4.69, 9.17) is 4.74 Å². The van der Waals surface area contributed by atoms with Gasteiger partial charge in [0.1, 0.15) is 5.75 Å². The monoisotopic (exact) mass is 220 g/mol. The Balaban J connectivity index is 1.91. The Morgan fingerprint density at radius 1 is 1.31 bits per heavy atom. The van der Waals surface area contributed by atoms with Crippen LogP contribution < -0.4 is 10.2 Å². The molecular formula is C13H20N2O. The number of hydrogen-bond donors (Lipinski definition) is 1. The molecule has 0 radical (unpaired) electrons. The molecule has 1 aliphatic rings. The van der Waals surface area contributed by atoms with Gasteiger partial charge in [-0.3, -0.25) is 10.4 Å². The molecule has 0 amide bonds. The first kappa shape index (κ1) is 11.4. The zero-order chi connectivity index (χ0) is 11.5. The maximum atomic E-state index is 5.24. The minimum absolute atomic E-state index is 0.631. The van der Waals surface area contributed by atoms with Crippen molar-refractivity contribution in [2.24, 2.45) is 0 Å². The first-order valence-corrected chi connectivity index (χ1v) is 5.76. The highest BCUT2D eigenvalue weighted by Crippen LogP contribution is 2.37. The van der Waals surface area contributed by atoms with E-state index in [1.54, 1.807) is 7.11 Å². The van der Waals surface area contributed by atoms with E-state index in [0.717, 1.165) is 5.75 Å². The lowest BCUT2D eigenvalue weighted by molar-refractivity contribution is 0.165. The first-order valence-electron chi connectivity index (χ1n) is 5.76. The molecule has 3 nitrogen and oxygen atoms in total. The molecule has 0 spiro atoms. The molecule has 0 saturated heterocycles. The van der Waals surface area contributed by atoms with Crippen molar-refractivity contribution in [3.63, 3.8) is 0 Å². The second-order valence-corrected chi connectivity index (χ2v) is 4.67. The fourth-order valence-corrected chi connectivity index (χ4v) is 2.26. The molecular weight excluding hydrogens is 200 g/mol. The Bertz CT molecular complexity index is 346. The van der Waals surface area contributed by atoms with Crippen LogP contribution in [0.2, 0.25) is 0 Å². The molecule has 1 aromatic rings. The minimum atomic E-state index is 0.631. The lowest BCUT2D eigenvalue weighted by Gasteiger charge is -2.38. The van der Waals surface area contributed by atoms with Crippen molar-refractivity contribution < 1.29 is 4.74 Å². The normalized spacial score (nSPS) is 24.2. The Morgan fingerprint density at radius 3 is 2.69 bits per heavy atom. The lowest BCUT2D eigenvalue weighted by Crippen LogP contribution is -2.46. The quantitative estimate of drug-likeness (QED) is 0.786. The van der Waals surface area contributed by atoms with E-state index in [1.165, 1.54) is 18.4 Å². The highest BCUT2D eigenvalue weighted by Gasteiger charge is 2.30. The summed E-state index contributed by atoms with van der Waals surface area (Å²) >= 11 is 0. The van der Waals surface area contributed by atoms with Gasteiger partial charge in [-0.15, -0.1) is 0 Å². The van der Waals surface area contributed by atoms with Crippen molar-refractivity contribution >= 4 is 0 Å². The number of nitrogens with zero attached hydrogens (tertiary/aromatic N) is 1. The summed E-state index contributed by atoms with van der Waals surface area (Å²) in [7, 11) is 5.80. The van der Waals surface area contributed by atoms with Gasteiger partial charge in [-0.1, -0.05) is 12.1 Å². The largest absolute Gasteiger partial charge is 0.497 e. The molecule has 0 aliphatic heterocycles. The average molecular weight is 220 g/mol. The zero-order valence-electron chi connectivity index (χ0n) is 10.2. The van der Waals surface area contributed by atoms with Crippen molar-refractivity contribution in [2.45, 2.75) is 24.8 Å². The van der Waals surface area contributed by atoms with Gasteiger partial charge in [0.2, 0.25) is 0 Å². The van der Waals surface area contributed by atoms with E-state index >= 15 is 0 Å². The van der Waals surface area contributed by atoms with E-state index in [1.807, 2.05) is 25.2 Å². The van der Waals surface area contributed by atoms with Crippen LogP contribution in [-0.2, 0) is 0 Å². The van der Waals surface area contributed by atoms with E-state index in [0.29, 0.717) is 12.0 Å². The Labute approximate surface area is 97.4 Å². The van der Waals surface area contributed by atoms with Gasteiger partial charge in [0.05, 0.1) is 7.11 Å². The number of benzene rings is 1. The summed E-state index contributed by atoms with van der Waals surface area (Å²) in [6.45, 7) is 0. The average Bonchev–Trinajstić information content (AvgIpc) is 2.22. The van der Waals surface area contributed by atoms with Crippen LogP contribution >= 0.6 is 0 Å². The van der Waals surface area contributed by atoms with E-state index in [-0.39, 0.29) is 0 Å². The number of hydrazine groups is 1. The maximum absolute atomic E-state index is 5.24. The zero-order valence-corrected chi connectivity index (χ0v) is 10.2. The second kappa shape index (κ2) is 4.85. The summed E-state index contributed by atoms with van der Waals surface area (Å²) in [4.78, 5) is 0. The summed E-state index contributed by atoms with van der Waals surface area (Å²) in [5.41, 5.74) is 4.81. The van der Waals surface area contributed by atoms with Crippen LogP contribution in [0, 0.1) is 0 Å². The number of nitrogens with one attached hydrogen (secondary N) is 1. The van der Waals surface area contributed by atoms with Crippen LogP contribution in [-0.4, -0.2) is 32.3 Å². The molecule has 0 heterocycles. The van der Waals surface area contributed by atoms with Crippen LogP contribution in [0.25, 0.3) is 0 Å². The van der Waals surface area contributed by atoms with Gasteiger partial charge in [0, 0.05) is 20.1 Å².